The molecule has 0 aliphatic carbocycles. The fraction of sp³-hybridized carbons (Fsp3) is 0.444. The Morgan fingerprint density at radius 3 is 2.02 bits per heavy atom. The van der Waals surface area contributed by atoms with E-state index in [-0.39, 0.29) is 0 Å². The number of methoxy groups -OCH3 is 1. The molecular weight excluding hydrogens is 546 g/mol. The summed E-state index contributed by atoms with van der Waals surface area (Å²) in [6, 6.07) is 10.1. The zero-order chi connectivity index (χ0) is 29.7. The van der Waals surface area contributed by atoms with Crippen molar-refractivity contribution in [2.24, 2.45) is 0 Å². The maximum atomic E-state index is 5.18. The van der Waals surface area contributed by atoms with Crippen LogP contribution in [0.3, 0.4) is 0 Å². The first-order valence-electron chi connectivity index (χ1n) is 16.2. The van der Waals surface area contributed by atoms with Crippen molar-refractivity contribution in [3.05, 3.63) is 107 Å². The van der Waals surface area contributed by atoms with E-state index in [1.807, 2.05) is 37.1 Å². The lowest BCUT2D eigenvalue weighted by molar-refractivity contribution is 0.412. The molecule has 0 spiro atoms. The summed E-state index contributed by atoms with van der Waals surface area (Å²) in [5.74, 6) is 0.842. The fourth-order valence-electron chi connectivity index (χ4n) is 7.61. The maximum Gasteiger partial charge on any atom is 0.137 e. The molecule has 8 nitrogen and oxygen atoms in total. The molecule has 8 heteroatoms. The van der Waals surface area contributed by atoms with Crippen LogP contribution in [0.2, 0.25) is 0 Å². The summed E-state index contributed by atoms with van der Waals surface area (Å²) < 4.78 is 5.18. The van der Waals surface area contributed by atoms with E-state index in [2.05, 4.69) is 66.2 Å². The van der Waals surface area contributed by atoms with Gasteiger partial charge in [-0.3, -0.25) is 9.97 Å². The Morgan fingerprint density at radius 2 is 1.45 bits per heavy atom. The van der Waals surface area contributed by atoms with Crippen molar-refractivity contribution in [1.82, 2.24) is 35.9 Å². The van der Waals surface area contributed by atoms with Gasteiger partial charge < -0.3 is 20.7 Å². The standard InChI is InChI=1S/C13H16N2O.C12H14N2.C11H13N3/c1-16-12-5-9(7-14-8-12)4-10-6-11-2-3-13(10)15-11;1-2-9(8-13-5-1)6-10-7-11-3-4-12(10)14-11;1-2-11-9(4-10(1)14-11)3-8-5-12-7-13-6-8/h5-8,11,13,15H,2-4H2,1H3;1-2,5,7-8,11-12,14H,3-4,6H2;3,5-7,10-11,14H,1-2,4H2. The molecule has 44 heavy (non-hydrogen) atoms. The third-order valence-corrected chi connectivity index (χ3v) is 9.74. The van der Waals surface area contributed by atoms with Crippen LogP contribution >= 0.6 is 0 Å². The minimum atomic E-state index is 0.608. The van der Waals surface area contributed by atoms with Crippen LogP contribution in [0.1, 0.15) is 61.6 Å². The van der Waals surface area contributed by atoms with E-state index in [0.717, 1.165) is 30.2 Å². The van der Waals surface area contributed by atoms with Crippen LogP contribution in [0.5, 0.6) is 5.75 Å². The molecule has 6 aliphatic heterocycles. The van der Waals surface area contributed by atoms with Gasteiger partial charge in [-0.05, 0) is 81.0 Å². The van der Waals surface area contributed by atoms with Gasteiger partial charge in [0.2, 0.25) is 0 Å². The lowest BCUT2D eigenvalue weighted by Gasteiger charge is -2.12. The molecule has 0 radical (unpaired) electrons. The number of ether oxygens (including phenoxy) is 1. The van der Waals surface area contributed by atoms with Gasteiger partial charge in [0, 0.05) is 72.8 Å². The summed E-state index contributed by atoms with van der Waals surface area (Å²) in [4.78, 5) is 16.4. The molecular formula is C36H43N7O. The first-order valence-corrected chi connectivity index (χ1v) is 16.2. The number of aromatic nitrogens is 4. The number of hydrogen-bond acceptors (Lipinski definition) is 8. The van der Waals surface area contributed by atoms with Crippen LogP contribution in [0.15, 0.2) is 90.6 Å². The number of rotatable bonds is 6. The quantitative estimate of drug-likeness (QED) is 0.354. The molecule has 9 heterocycles. The van der Waals surface area contributed by atoms with Crippen LogP contribution < -0.4 is 20.7 Å². The number of hydrogen-bond donors (Lipinski definition) is 3. The summed E-state index contributed by atoms with van der Waals surface area (Å²) >= 11 is 0. The van der Waals surface area contributed by atoms with Gasteiger partial charge >= 0.3 is 0 Å². The first kappa shape index (κ1) is 29.0. The highest BCUT2D eigenvalue weighted by Crippen LogP contribution is 2.34. The lowest BCUT2D eigenvalue weighted by Crippen LogP contribution is -2.22. The molecule has 228 valence electrons. The van der Waals surface area contributed by atoms with Crippen LogP contribution in [0, 0.1) is 0 Å². The van der Waals surface area contributed by atoms with Gasteiger partial charge in [0.05, 0.1) is 13.3 Å². The van der Waals surface area contributed by atoms with Gasteiger partial charge in [-0.25, -0.2) is 9.97 Å². The fourth-order valence-corrected chi connectivity index (χ4v) is 7.61. The number of nitrogens with zero attached hydrogens (tertiary/aromatic N) is 4. The van der Waals surface area contributed by atoms with Gasteiger partial charge in [0.15, 0.2) is 0 Å². The molecule has 3 aromatic rings. The van der Waals surface area contributed by atoms with Crippen LogP contribution in [-0.2, 0) is 12.8 Å². The Balaban J connectivity index is 0.000000107. The zero-order valence-electron chi connectivity index (χ0n) is 25.5. The van der Waals surface area contributed by atoms with Crippen molar-refractivity contribution >= 4 is 6.08 Å². The Bertz CT molecular complexity index is 1510. The Hall–Kier alpha value is -3.72. The molecule has 4 saturated heterocycles. The molecule has 3 aromatic heterocycles. The minimum Gasteiger partial charge on any atom is -0.495 e. The number of pyridine rings is 2. The summed E-state index contributed by atoms with van der Waals surface area (Å²) in [6.07, 6.45) is 30.9. The SMILES string of the molecule is C(=C1CC2CCC1N2)c1cncnc1.C1=C(Cc2cccnc2)C2CCC1N2.COc1cncc(CC2=CC3CCC2N3)c1. The van der Waals surface area contributed by atoms with Crippen LogP contribution in [0.25, 0.3) is 6.08 Å². The molecule has 6 bridgehead atoms. The van der Waals surface area contributed by atoms with Crippen molar-refractivity contribution in [2.75, 3.05) is 7.11 Å². The minimum absolute atomic E-state index is 0.608. The van der Waals surface area contributed by atoms with E-state index in [9.17, 15) is 0 Å². The molecule has 6 unspecified atom stereocenters. The monoisotopic (exact) mass is 589 g/mol. The van der Waals surface area contributed by atoms with Crippen molar-refractivity contribution in [2.45, 2.75) is 94.0 Å². The predicted octanol–water partition coefficient (Wildman–Crippen LogP) is 4.76. The van der Waals surface area contributed by atoms with E-state index >= 15 is 0 Å². The van der Waals surface area contributed by atoms with E-state index in [1.165, 1.54) is 67.2 Å². The van der Waals surface area contributed by atoms with E-state index in [1.54, 1.807) is 25.2 Å². The second-order valence-electron chi connectivity index (χ2n) is 12.8. The summed E-state index contributed by atoms with van der Waals surface area (Å²) in [5, 5.41) is 10.8. The molecule has 0 amide bonds. The summed E-state index contributed by atoms with van der Waals surface area (Å²) in [5.41, 5.74) is 8.29. The third kappa shape index (κ3) is 6.98. The normalized spacial score (nSPS) is 29.5. The molecule has 0 saturated carbocycles. The lowest BCUT2D eigenvalue weighted by atomic mass is 9.94. The summed E-state index contributed by atoms with van der Waals surface area (Å²) in [6.45, 7) is 0. The average molecular weight is 590 g/mol. The van der Waals surface area contributed by atoms with Crippen molar-refractivity contribution in [3.8, 4) is 5.75 Å². The smallest absolute Gasteiger partial charge is 0.137 e. The zero-order valence-corrected chi connectivity index (χ0v) is 25.5. The largest absolute Gasteiger partial charge is 0.495 e. The second-order valence-corrected chi connectivity index (χ2v) is 12.8. The van der Waals surface area contributed by atoms with Gasteiger partial charge in [0.1, 0.15) is 12.1 Å². The Labute approximate surface area is 260 Å². The second kappa shape index (κ2) is 13.5. The number of nitrogens with one attached hydrogen (secondary N) is 3. The van der Waals surface area contributed by atoms with Crippen molar-refractivity contribution < 1.29 is 4.74 Å². The molecule has 3 N–H and O–H groups in total. The van der Waals surface area contributed by atoms with Crippen molar-refractivity contribution in [1.29, 1.82) is 0 Å². The topological polar surface area (TPSA) is 96.9 Å². The average Bonchev–Trinajstić information content (AvgIpc) is 3.93. The van der Waals surface area contributed by atoms with Crippen LogP contribution in [-0.4, -0.2) is 63.3 Å². The van der Waals surface area contributed by atoms with Gasteiger partial charge in [-0.15, -0.1) is 0 Å². The van der Waals surface area contributed by atoms with Gasteiger partial charge in [0.25, 0.3) is 0 Å². The highest BCUT2D eigenvalue weighted by Gasteiger charge is 2.34. The van der Waals surface area contributed by atoms with Crippen LogP contribution in [0.4, 0.5) is 0 Å². The molecule has 6 aliphatic rings. The van der Waals surface area contributed by atoms with Gasteiger partial charge in [-0.1, -0.05) is 41.0 Å². The third-order valence-electron chi connectivity index (χ3n) is 9.74. The molecule has 0 aromatic carbocycles. The molecule has 4 fully saturated rings. The Morgan fingerprint density at radius 1 is 0.750 bits per heavy atom. The first-order chi connectivity index (χ1) is 21.7. The molecule has 6 atom stereocenters. The van der Waals surface area contributed by atoms with E-state index in [4.69, 9.17) is 4.74 Å². The van der Waals surface area contributed by atoms with E-state index in [0.29, 0.717) is 30.2 Å². The number of fused-ring (bicyclic) bond motifs is 6. The van der Waals surface area contributed by atoms with Gasteiger partial charge in [-0.2, -0.15) is 0 Å². The summed E-state index contributed by atoms with van der Waals surface area (Å²) in [7, 11) is 1.68. The predicted molar refractivity (Wildman–Crippen MR) is 173 cm³/mol. The van der Waals surface area contributed by atoms with Crippen molar-refractivity contribution in [3.63, 3.8) is 0 Å². The molecule has 9 rings (SSSR count). The Kier molecular flexibility index (Phi) is 8.91. The van der Waals surface area contributed by atoms with E-state index < -0.39 is 0 Å². The highest BCUT2D eigenvalue weighted by molar-refractivity contribution is 5.54. The maximum absolute atomic E-state index is 5.18. The highest BCUT2D eigenvalue weighted by atomic mass is 16.5.